The molecule has 33 heavy (non-hydrogen) atoms. The van der Waals surface area contributed by atoms with Crippen molar-refractivity contribution in [2.24, 2.45) is 0 Å². The molecule has 0 bridgehead atoms. The van der Waals surface area contributed by atoms with E-state index in [9.17, 15) is 18.0 Å². The van der Waals surface area contributed by atoms with Crippen molar-refractivity contribution in [3.05, 3.63) is 63.6 Å². The molecule has 0 aliphatic carbocycles. The van der Waals surface area contributed by atoms with E-state index in [4.69, 9.17) is 11.6 Å². The van der Waals surface area contributed by atoms with Crippen molar-refractivity contribution in [2.45, 2.75) is 45.8 Å². The molecule has 2 aromatic carbocycles. The van der Waals surface area contributed by atoms with Crippen LogP contribution in [0.25, 0.3) is 0 Å². The molecular weight excluding hydrogens is 530 g/mol. The molecule has 0 spiro atoms. The van der Waals surface area contributed by atoms with Gasteiger partial charge in [0.15, 0.2) is 0 Å². The summed E-state index contributed by atoms with van der Waals surface area (Å²) in [6.07, 6.45) is 1.78. The van der Waals surface area contributed by atoms with Crippen molar-refractivity contribution in [1.82, 2.24) is 10.2 Å². The van der Waals surface area contributed by atoms with Crippen LogP contribution in [0.4, 0.5) is 5.69 Å². The van der Waals surface area contributed by atoms with E-state index in [0.29, 0.717) is 16.3 Å². The van der Waals surface area contributed by atoms with Gasteiger partial charge in [0.2, 0.25) is 21.8 Å². The molecule has 7 nitrogen and oxygen atoms in total. The summed E-state index contributed by atoms with van der Waals surface area (Å²) in [5.41, 5.74) is 1.01. The van der Waals surface area contributed by atoms with Gasteiger partial charge in [-0.05, 0) is 56.2 Å². The zero-order valence-corrected chi connectivity index (χ0v) is 22.2. The number of carbonyl (C=O) groups excluding carboxylic acids is 2. The predicted octanol–water partition coefficient (Wildman–Crippen LogP) is 4.20. The van der Waals surface area contributed by atoms with E-state index in [1.807, 2.05) is 13.8 Å². The maximum atomic E-state index is 13.4. The van der Waals surface area contributed by atoms with Gasteiger partial charge in [-0.3, -0.25) is 13.9 Å². The Hall–Kier alpha value is -2.10. The maximum Gasteiger partial charge on any atom is 0.244 e. The second-order valence-electron chi connectivity index (χ2n) is 7.85. The van der Waals surface area contributed by atoms with Crippen LogP contribution in [0.2, 0.25) is 5.02 Å². The third-order valence-corrected chi connectivity index (χ3v) is 7.30. The summed E-state index contributed by atoms with van der Waals surface area (Å²) in [4.78, 5) is 27.7. The number of hydrogen-bond donors (Lipinski definition) is 1. The van der Waals surface area contributed by atoms with Crippen LogP contribution in [0.5, 0.6) is 0 Å². The molecule has 0 saturated carbocycles. The van der Waals surface area contributed by atoms with E-state index in [1.54, 1.807) is 55.5 Å². The van der Waals surface area contributed by atoms with Crippen molar-refractivity contribution in [1.29, 1.82) is 0 Å². The van der Waals surface area contributed by atoms with Gasteiger partial charge in [-0.2, -0.15) is 0 Å². The summed E-state index contributed by atoms with van der Waals surface area (Å²) in [5.74, 6) is -0.839. The monoisotopic (exact) mass is 557 g/mol. The van der Waals surface area contributed by atoms with E-state index >= 15 is 0 Å². The summed E-state index contributed by atoms with van der Waals surface area (Å²) in [7, 11) is -3.77. The number of sulfonamides is 1. The number of amides is 2. The molecule has 0 aliphatic heterocycles. The van der Waals surface area contributed by atoms with Crippen LogP contribution in [0.15, 0.2) is 53.0 Å². The summed E-state index contributed by atoms with van der Waals surface area (Å²) >= 11 is 9.63. The summed E-state index contributed by atoms with van der Waals surface area (Å²) in [6.45, 7) is 5.06. The zero-order chi connectivity index (χ0) is 24.8. The van der Waals surface area contributed by atoms with Crippen molar-refractivity contribution >= 4 is 55.1 Å². The third kappa shape index (κ3) is 7.72. The molecule has 0 aromatic heterocycles. The summed E-state index contributed by atoms with van der Waals surface area (Å²) < 4.78 is 26.8. The largest absolute Gasteiger partial charge is 0.352 e. The molecule has 1 N–H and O–H groups in total. The number of rotatable bonds is 10. The Kier molecular flexibility index (Phi) is 9.75. The van der Waals surface area contributed by atoms with E-state index in [2.05, 4.69) is 21.2 Å². The third-order valence-electron chi connectivity index (χ3n) is 5.26. The van der Waals surface area contributed by atoms with Crippen LogP contribution >= 0.6 is 27.5 Å². The van der Waals surface area contributed by atoms with E-state index in [0.717, 1.165) is 21.5 Å². The van der Waals surface area contributed by atoms with Crippen LogP contribution in [-0.2, 0) is 26.2 Å². The van der Waals surface area contributed by atoms with Crippen LogP contribution < -0.4 is 9.62 Å². The van der Waals surface area contributed by atoms with Crippen LogP contribution in [0, 0.1) is 0 Å². The highest BCUT2D eigenvalue weighted by atomic mass is 79.9. The van der Waals surface area contributed by atoms with Gasteiger partial charge in [0.1, 0.15) is 12.6 Å². The SMILES string of the molecule is CC[C@@H](C)NC(=O)[C@H](C)N(Cc1ccccc1Cl)C(=O)CN(c1ccc(Br)cc1)S(C)(=O)=O. The molecule has 2 atom stereocenters. The molecule has 2 aromatic rings. The molecule has 0 heterocycles. The Morgan fingerprint density at radius 3 is 2.24 bits per heavy atom. The van der Waals surface area contributed by atoms with E-state index < -0.39 is 28.5 Å². The smallest absolute Gasteiger partial charge is 0.244 e. The minimum Gasteiger partial charge on any atom is -0.352 e. The second-order valence-corrected chi connectivity index (χ2v) is 11.1. The molecule has 0 radical (unpaired) electrons. The van der Waals surface area contributed by atoms with Gasteiger partial charge in [0.05, 0.1) is 11.9 Å². The van der Waals surface area contributed by atoms with Crippen LogP contribution in [-0.4, -0.2) is 50.0 Å². The first-order valence-electron chi connectivity index (χ1n) is 10.5. The lowest BCUT2D eigenvalue weighted by Gasteiger charge is -2.32. The van der Waals surface area contributed by atoms with Gasteiger partial charge in [0.25, 0.3) is 0 Å². The Morgan fingerprint density at radius 2 is 1.70 bits per heavy atom. The average molecular weight is 559 g/mol. The molecule has 2 amide bonds. The van der Waals surface area contributed by atoms with Gasteiger partial charge in [-0.25, -0.2) is 8.42 Å². The first-order valence-corrected chi connectivity index (χ1v) is 13.5. The lowest BCUT2D eigenvalue weighted by atomic mass is 10.1. The van der Waals surface area contributed by atoms with E-state index in [-0.39, 0.29) is 18.5 Å². The number of hydrogen-bond acceptors (Lipinski definition) is 4. The Labute approximate surface area is 209 Å². The standard InChI is InChI=1S/C23H29BrClN3O4S/c1-5-16(2)26-23(30)17(3)27(14-18-8-6-7-9-21(18)25)22(29)15-28(33(4,31)32)20-12-10-19(24)11-13-20/h6-13,16-17H,5,14-15H2,1-4H3,(H,26,30)/t16-,17+/m1/s1. The fraction of sp³-hybridized carbons (Fsp3) is 0.391. The average Bonchev–Trinajstić information content (AvgIpc) is 2.76. The number of nitrogens with zero attached hydrogens (tertiary/aromatic N) is 2. The number of nitrogens with one attached hydrogen (secondary N) is 1. The summed E-state index contributed by atoms with van der Waals surface area (Å²) in [5, 5.41) is 3.34. The number of halogens is 2. The predicted molar refractivity (Wildman–Crippen MR) is 136 cm³/mol. The van der Waals surface area contributed by atoms with Crippen LogP contribution in [0.3, 0.4) is 0 Å². The molecule has 180 valence electrons. The quantitative estimate of drug-likeness (QED) is 0.474. The number of carbonyl (C=O) groups is 2. The highest BCUT2D eigenvalue weighted by molar-refractivity contribution is 9.10. The molecule has 0 unspecified atom stereocenters. The molecule has 0 aliphatic rings. The van der Waals surface area contributed by atoms with Gasteiger partial charge in [-0.15, -0.1) is 0 Å². The van der Waals surface area contributed by atoms with E-state index in [1.165, 1.54) is 4.90 Å². The van der Waals surface area contributed by atoms with Gasteiger partial charge in [-0.1, -0.05) is 52.7 Å². The Balaban J connectivity index is 2.39. The fourth-order valence-electron chi connectivity index (χ4n) is 3.08. The lowest BCUT2D eigenvalue weighted by molar-refractivity contribution is -0.139. The van der Waals surface area contributed by atoms with Gasteiger partial charge in [0, 0.05) is 22.1 Å². The van der Waals surface area contributed by atoms with Crippen molar-refractivity contribution in [2.75, 3.05) is 17.1 Å². The highest BCUT2D eigenvalue weighted by Crippen LogP contribution is 2.23. The molecule has 0 fully saturated rings. The van der Waals surface area contributed by atoms with Crippen molar-refractivity contribution in [3.8, 4) is 0 Å². The normalized spacial score (nSPS) is 13.2. The Morgan fingerprint density at radius 1 is 1.09 bits per heavy atom. The lowest BCUT2D eigenvalue weighted by Crippen LogP contribution is -2.52. The van der Waals surface area contributed by atoms with Crippen LogP contribution in [0.1, 0.15) is 32.8 Å². The van der Waals surface area contributed by atoms with Gasteiger partial charge >= 0.3 is 0 Å². The fourth-order valence-corrected chi connectivity index (χ4v) is 4.39. The molecule has 10 heteroatoms. The van der Waals surface area contributed by atoms with Crippen molar-refractivity contribution < 1.29 is 18.0 Å². The zero-order valence-electron chi connectivity index (χ0n) is 19.1. The number of benzene rings is 2. The first-order chi connectivity index (χ1) is 15.4. The van der Waals surface area contributed by atoms with Crippen molar-refractivity contribution in [3.63, 3.8) is 0 Å². The Bertz CT molecular complexity index is 1080. The highest BCUT2D eigenvalue weighted by Gasteiger charge is 2.30. The summed E-state index contributed by atoms with van der Waals surface area (Å²) in [6, 6.07) is 12.7. The first kappa shape index (κ1) is 27.1. The molecular formula is C23H29BrClN3O4S. The minimum absolute atomic E-state index is 0.0611. The number of anilines is 1. The maximum absolute atomic E-state index is 13.4. The minimum atomic E-state index is -3.77. The second kappa shape index (κ2) is 11.9. The van der Waals surface area contributed by atoms with Gasteiger partial charge < -0.3 is 10.2 Å². The molecule has 0 saturated heterocycles. The molecule has 2 rings (SSSR count). The topological polar surface area (TPSA) is 86.8 Å².